The summed E-state index contributed by atoms with van der Waals surface area (Å²) in [7, 11) is 0. The molecule has 126 valence electrons. The highest BCUT2D eigenvalue weighted by molar-refractivity contribution is 14.1. The van der Waals surface area contributed by atoms with Gasteiger partial charge < -0.3 is 0 Å². The van der Waals surface area contributed by atoms with Gasteiger partial charge in [-0.05, 0) is 65.1 Å². The van der Waals surface area contributed by atoms with E-state index in [9.17, 15) is 29.0 Å². The van der Waals surface area contributed by atoms with Crippen LogP contribution in [0.1, 0.15) is 24.3 Å². The number of hydrogen-bond acceptors (Lipinski definition) is 4. The summed E-state index contributed by atoms with van der Waals surface area (Å²) < 4.78 is 26.1. The zero-order valence-electron chi connectivity index (χ0n) is 12.1. The molecule has 0 heterocycles. The molecule has 0 saturated heterocycles. The molecule has 1 saturated carbocycles. The van der Waals surface area contributed by atoms with Crippen molar-refractivity contribution in [1.29, 1.82) is 0 Å². The average Bonchev–Trinajstić information content (AvgIpc) is 3.35. The summed E-state index contributed by atoms with van der Waals surface area (Å²) in [6, 6.07) is 7.89. The van der Waals surface area contributed by atoms with Crippen molar-refractivity contribution >= 4 is 34.0 Å². The Balaban J connectivity index is 0.000000177. The van der Waals surface area contributed by atoms with Gasteiger partial charge in [0.2, 0.25) is 11.6 Å². The van der Waals surface area contributed by atoms with Crippen molar-refractivity contribution in [1.82, 2.24) is 0 Å². The Morgan fingerprint density at radius 3 is 1.88 bits per heavy atom. The Bertz CT molecular complexity index is 797. The van der Waals surface area contributed by atoms with Crippen LogP contribution in [0, 0.1) is 35.4 Å². The molecule has 6 nitrogen and oxygen atoms in total. The number of nitrogens with zero attached hydrogens (tertiary/aromatic N) is 2. The zero-order valence-corrected chi connectivity index (χ0v) is 14.3. The molecule has 1 aliphatic rings. The molecule has 0 N–H and O–H groups in total. The summed E-state index contributed by atoms with van der Waals surface area (Å²) in [4.78, 5) is 19.1. The van der Waals surface area contributed by atoms with Gasteiger partial charge in [0.15, 0.2) is 0 Å². The van der Waals surface area contributed by atoms with E-state index in [1.54, 1.807) is 6.07 Å². The third kappa shape index (κ3) is 4.66. The Morgan fingerprint density at radius 2 is 1.42 bits per heavy atom. The molecule has 0 unspecified atom stereocenters. The van der Waals surface area contributed by atoms with Crippen LogP contribution in [0.2, 0.25) is 0 Å². The number of benzene rings is 2. The van der Waals surface area contributed by atoms with E-state index in [0.717, 1.165) is 24.5 Å². The number of hydrogen-bond donors (Lipinski definition) is 0. The van der Waals surface area contributed by atoms with Crippen molar-refractivity contribution in [3.8, 4) is 0 Å². The maximum atomic E-state index is 12.9. The van der Waals surface area contributed by atoms with Gasteiger partial charge >= 0.3 is 11.4 Å². The molecule has 0 amide bonds. The van der Waals surface area contributed by atoms with Crippen LogP contribution in [-0.4, -0.2) is 9.85 Å². The summed E-state index contributed by atoms with van der Waals surface area (Å²) >= 11 is 1.88. The predicted octanol–water partition coefficient (Wildman–Crippen LogP) is 4.95. The molecule has 0 radical (unpaired) electrons. The minimum Gasteiger partial charge on any atom is -0.258 e. The maximum absolute atomic E-state index is 12.9. The third-order valence-electron chi connectivity index (χ3n) is 3.32. The van der Waals surface area contributed by atoms with Gasteiger partial charge in [-0.1, -0.05) is 6.07 Å². The maximum Gasteiger partial charge on any atom is 0.305 e. The molecular weight excluding hydrogens is 437 g/mol. The van der Waals surface area contributed by atoms with Gasteiger partial charge in [-0.3, -0.25) is 20.2 Å². The number of nitro groups is 2. The fourth-order valence-electron chi connectivity index (χ4n) is 1.97. The molecule has 2 aromatic carbocycles. The summed E-state index contributed by atoms with van der Waals surface area (Å²) in [5.74, 6) is -1.14. The minimum atomic E-state index is -0.796. The number of nitro benzene ring substituents is 2. The van der Waals surface area contributed by atoms with Crippen molar-refractivity contribution in [2.75, 3.05) is 0 Å². The van der Waals surface area contributed by atoms with Gasteiger partial charge in [-0.2, -0.15) is 8.78 Å². The highest BCUT2D eigenvalue weighted by atomic mass is 127. The van der Waals surface area contributed by atoms with Crippen LogP contribution >= 0.6 is 22.6 Å². The van der Waals surface area contributed by atoms with E-state index in [-0.39, 0.29) is 0 Å². The molecular formula is C15H11F2IN2O4. The van der Waals surface area contributed by atoms with Gasteiger partial charge in [0.1, 0.15) is 0 Å². The van der Waals surface area contributed by atoms with Crippen molar-refractivity contribution < 1.29 is 18.6 Å². The quantitative estimate of drug-likeness (QED) is 0.378. The van der Waals surface area contributed by atoms with Crippen LogP contribution in [0.15, 0.2) is 36.4 Å². The van der Waals surface area contributed by atoms with E-state index in [4.69, 9.17) is 0 Å². The second-order valence-corrected chi connectivity index (χ2v) is 6.34. The largest absolute Gasteiger partial charge is 0.305 e. The molecule has 2 aromatic rings. The van der Waals surface area contributed by atoms with Crippen LogP contribution in [-0.2, 0) is 0 Å². The van der Waals surface area contributed by atoms with Crippen LogP contribution in [0.3, 0.4) is 0 Å². The lowest BCUT2D eigenvalue weighted by Crippen LogP contribution is -1.93. The second kappa shape index (κ2) is 7.60. The fraction of sp³-hybridized carbons (Fsp3) is 0.200. The van der Waals surface area contributed by atoms with Crippen LogP contribution in [0.5, 0.6) is 0 Å². The molecule has 1 aliphatic carbocycles. The van der Waals surface area contributed by atoms with E-state index in [1.807, 2.05) is 22.6 Å². The van der Waals surface area contributed by atoms with Crippen LogP contribution in [0.25, 0.3) is 0 Å². The van der Waals surface area contributed by atoms with Crippen molar-refractivity contribution in [3.63, 3.8) is 0 Å². The molecule has 0 atom stereocenters. The van der Waals surface area contributed by atoms with E-state index >= 15 is 0 Å². The first-order chi connectivity index (χ1) is 11.3. The average molecular weight is 448 g/mol. The predicted molar refractivity (Wildman–Crippen MR) is 90.8 cm³/mol. The fourth-order valence-corrected chi connectivity index (χ4v) is 2.44. The van der Waals surface area contributed by atoms with Crippen molar-refractivity contribution in [2.24, 2.45) is 0 Å². The Morgan fingerprint density at radius 1 is 0.917 bits per heavy atom. The number of rotatable bonds is 3. The van der Waals surface area contributed by atoms with Gasteiger partial charge in [-0.25, -0.2) is 0 Å². The first-order valence-corrected chi connectivity index (χ1v) is 7.90. The van der Waals surface area contributed by atoms with Gasteiger partial charge in [0.05, 0.1) is 9.85 Å². The Kier molecular flexibility index (Phi) is 5.75. The lowest BCUT2D eigenvalue weighted by molar-refractivity contribution is -0.387. The van der Waals surface area contributed by atoms with E-state index in [2.05, 4.69) is 0 Å². The smallest absolute Gasteiger partial charge is 0.258 e. The van der Waals surface area contributed by atoms with Gasteiger partial charge in [0.25, 0.3) is 0 Å². The van der Waals surface area contributed by atoms with E-state index in [0.29, 0.717) is 9.49 Å². The molecule has 1 fully saturated rings. The topological polar surface area (TPSA) is 86.3 Å². The lowest BCUT2D eigenvalue weighted by atomic mass is 10.1. The molecule has 0 aliphatic heterocycles. The summed E-state index contributed by atoms with van der Waals surface area (Å²) in [6.07, 6.45) is 2.12. The summed E-state index contributed by atoms with van der Waals surface area (Å²) in [5.41, 5.74) is -0.00519. The first-order valence-electron chi connectivity index (χ1n) is 6.83. The highest BCUT2D eigenvalue weighted by Gasteiger charge is 2.26. The molecule has 9 heteroatoms. The van der Waals surface area contributed by atoms with Gasteiger partial charge in [0, 0.05) is 15.7 Å². The lowest BCUT2D eigenvalue weighted by Gasteiger charge is -1.98. The highest BCUT2D eigenvalue weighted by Crippen LogP contribution is 2.41. The monoisotopic (exact) mass is 448 g/mol. The molecule has 3 rings (SSSR count). The molecule has 24 heavy (non-hydrogen) atoms. The number of halogens is 3. The second-order valence-electron chi connectivity index (χ2n) is 5.10. The third-order valence-corrected chi connectivity index (χ3v) is 3.99. The zero-order chi connectivity index (χ0) is 17.9. The summed E-state index contributed by atoms with van der Waals surface area (Å²) in [5, 5.41) is 20.5. The Hall–Kier alpha value is -2.17. The molecule has 0 bridgehead atoms. The van der Waals surface area contributed by atoms with Crippen LogP contribution in [0.4, 0.5) is 20.2 Å². The normalized spacial score (nSPS) is 13.0. The summed E-state index contributed by atoms with van der Waals surface area (Å²) in [6.45, 7) is 0. The first kappa shape index (κ1) is 18.2. The van der Waals surface area contributed by atoms with E-state index in [1.165, 1.54) is 24.3 Å². The van der Waals surface area contributed by atoms with Crippen molar-refractivity contribution in [3.05, 3.63) is 77.4 Å². The SMILES string of the molecule is O=[N+]([O-])c1cc(C2CC2)ccc1F.O=[N+]([O-])c1cc(I)ccc1F. The van der Waals surface area contributed by atoms with Crippen LogP contribution < -0.4 is 0 Å². The minimum absolute atomic E-state index is 0.413. The molecule has 0 aromatic heterocycles. The Labute approximate surface area is 148 Å². The van der Waals surface area contributed by atoms with Gasteiger partial charge in [-0.15, -0.1) is 0 Å². The molecule has 0 spiro atoms. The van der Waals surface area contributed by atoms with E-state index < -0.39 is 32.9 Å². The van der Waals surface area contributed by atoms with Crippen molar-refractivity contribution in [2.45, 2.75) is 18.8 Å². The standard InChI is InChI=1S/C9H8FNO2.C6H3FINO2/c10-8-4-3-7(6-1-2-6)5-9(8)11(12)13;7-5-2-1-4(8)3-6(5)9(10)11/h3-6H,1-2H2;1-3H.